The van der Waals surface area contributed by atoms with Crippen LogP contribution in [0.5, 0.6) is 0 Å². The van der Waals surface area contributed by atoms with Crippen LogP contribution in [0.3, 0.4) is 0 Å². The van der Waals surface area contributed by atoms with Gasteiger partial charge in [-0.3, -0.25) is 0 Å². The number of nitrogen functional groups attached to an aromatic ring is 1. The Labute approximate surface area is 139 Å². The average Bonchev–Trinajstić information content (AvgIpc) is 2.92. The van der Waals surface area contributed by atoms with Crippen molar-refractivity contribution in [3.8, 4) is 0 Å². The molecule has 2 aromatic rings. The number of hydrogen-bond acceptors (Lipinski definition) is 3. The van der Waals surface area contributed by atoms with E-state index in [1.54, 1.807) is 0 Å². The zero-order valence-corrected chi connectivity index (χ0v) is 13.4. The third-order valence-corrected chi connectivity index (χ3v) is 4.76. The fraction of sp³-hybridized carbons (Fsp3) is 0.556. The van der Waals surface area contributed by atoms with Crippen molar-refractivity contribution in [3.05, 3.63) is 30.5 Å². The maximum atomic E-state index is 6.00. The Balaban J connectivity index is 0.00000192. The van der Waals surface area contributed by atoms with Crippen molar-refractivity contribution in [2.75, 3.05) is 58.7 Å². The summed E-state index contributed by atoms with van der Waals surface area (Å²) in [5.74, 6) is 0. The molecule has 1 aliphatic heterocycles. The molecule has 2 heterocycles. The Hall–Kier alpha value is -1.56. The molecule has 0 amide bonds. The van der Waals surface area contributed by atoms with Crippen LogP contribution in [0.15, 0.2) is 30.5 Å². The molecule has 0 aliphatic carbocycles. The molecule has 3 rings (SSSR count). The van der Waals surface area contributed by atoms with E-state index in [-0.39, 0.29) is 7.43 Å². The minimum atomic E-state index is 0. The number of ether oxygens (including phenoxy) is 1. The number of benzene rings is 1. The van der Waals surface area contributed by atoms with E-state index >= 15 is 0 Å². The topological polar surface area (TPSA) is 52.2 Å². The van der Waals surface area contributed by atoms with Crippen molar-refractivity contribution in [2.24, 2.45) is 0 Å². The average molecular weight is 319 g/mol. The highest BCUT2D eigenvalue weighted by Gasteiger charge is 2.24. The van der Waals surface area contributed by atoms with Crippen molar-refractivity contribution >= 4 is 16.6 Å². The lowest BCUT2D eigenvalue weighted by Crippen LogP contribution is -2.54. The van der Waals surface area contributed by atoms with Crippen LogP contribution in [-0.4, -0.2) is 62.0 Å². The Bertz CT molecular complexity index is 617. The van der Waals surface area contributed by atoms with E-state index in [1.807, 2.05) is 12.1 Å². The number of nitrogens with one attached hydrogen (secondary N) is 1. The van der Waals surface area contributed by atoms with Gasteiger partial charge in [0.1, 0.15) is 13.1 Å². The van der Waals surface area contributed by atoms with Gasteiger partial charge in [-0.25, -0.2) is 0 Å². The molecule has 5 nitrogen and oxygen atoms in total. The van der Waals surface area contributed by atoms with E-state index in [0.29, 0.717) is 0 Å². The predicted molar refractivity (Wildman–Crippen MR) is 97.6 cm³/mol. The molecule has 1 saturated heterocycles. The molecule has 1 aromatic carbocycles. The van der Waals surface area contributed by atoms with Crippen molar-refractivity contribution in [1.29, 1.82) is 0 Å². The molecule has 1 fully saturated rings. The minimum Gasteiger partial charge on any atom is -0.398 e. The molecular formula is C18H31N4O+. The number of hydrogen-bond donors (Lipinski definition) is 2. The molecule has 128 valence electrons. The number of anilines is 1. The monoisotopic (exact) mass is 319 g/mol. The summed E-state index contributed by atoms with van der Waals surface area (Å²) in [6, 6.07) is 8.21. The first-order valence-electron chi connectivity index (χ1n) is 8.13. The Morgan fingerprint density at radius 2 is 2.00 bits per heavy atom. The summed E-state index contributed by atoms with van der Waals surface area (Å²) in [6.45, 7) is 8.22. The van der Waals surface area contributed by atoms with Gasteiger partial charge >= 0.3 is 0 Å². The largest absolute Gasteiger partial charge is 0.398 e. The zero-order chi connectivity index (χ0) is 15.4. The van der Waals surface area contributed by atoms with E-state index in [0.717, 1.165) is 61.5 Å². The Morgan fingerprint density at radius 3 is 2.78 bits per heavy atom. The van der Waals surface area contributed by atoms with Crippen LogP contribution >= 0.6 is 0 Å². The fourth-order valence-electron chi connectivity index (χ4n) is 3.12. The number of fused-ring (bicyclic) bond motifs is 1. The van der Waals surface area contributed by atoms with Crippen LogP contribution in [0.4, 0.5) is 5.69 Å². The molecule has 0 atom stereocenters. The fourth-order valence-corrected chi connectivity index (χ4v) is 3.12. The van der Waals surface area contributed by atoms with Gasteiger partial charge in [0.2, 0.25) is 0 Å². The van der Waals surface area contributed by atoms with Gasteiger partial charge in [-0.2, -0.15) is 0 Å². The Kier molecular flexibility index (Phi) is 6.04. The van der Waals surface area contributed by atoms with Gasteiger partial charge in [0.25, 0.3) is 0 Å². The van der Waals surface area contributed by atoms with E-state index in [1.165, 1.54) is 12.1 Å². The van der Waals surface area contributed by atoms with Crippen LogP contribution in [0, 0.1) is 0 Å². The lowest BCUT2D eigenvalue weighted by molar-refractivity contribution is -0.915. The van der Waals surface area contributed by atoms with Gasteiger partial charge in [0.15, 0.2) is 0 Å². The van der Waals surface area contributed by atoms with Crippen molar-refractivity contribution in [3.63, 3.8) is 0 Å². The van der Waals surface area contributed by atoms with Crippen LogP contribution in [-0.2, 0) is 11.3 Å². The first-order chi connectivity index (χ1) is 10.7. The molecular weight excluding hydrogens is 288 g/mol. The number of quaternary nitrogens is 1. The maximum Gasteiger partial charge on any atom is 0.102 e. The lowest BCUT2D eigenvalue weighted by Gasteiger charge is -2.37. The first-order valence-corrected chi connectivity index (χ1v) is 8.13. The summed E-state index contributed by atoms with van der Waals surface area (Å²) >= 11 is 0. The van der Waals surface area contributed by atoms with Crippen molar-refractivity contribution < 1.29 is 9.22 Å². The first kappa shape index (κ1) is 17.8. The zero-order valence-electron chi connectivity index (χ0n) is 13.4. The third kappa shape index (κ3) is 4.25. The number of nitrogens with two attached hydrogens (primary N) is 1. The second-order valence-corrected chi connectivity index (χ2v) is 6.44. The van der Waals surface area contributed by atoms with Crippen molar-refractivity contribution in [2.45, 2.75) is 14.0 Å². The summed E-state index contributed by atoms with van der Waals surface area (Å²) in [5, 5.41) is 4.71. The lowest BCUT2D eigenvalue weighted by atomic mass is 10.2. The van der Waals surface area contributed by atoms with Gasteiger partial charge in [0.05, 0.1) is 32.3 Å². The summed E-state index contributed by atoms with van der Waals surface area (Å²) in [7, 11) is 2.33. The number of nitrogens with zero attached hydrogens (tertiary/aromatic N) is 2. The number of rotatable bonds is 6. The van der Waals surface area contributed by atoms with Crippen LogP contribution in [0.1, 0.15) is 7.43 Å². The summed E-state index contributed by atoms with van der Waals surface area (Å²) < 4.78 is 8.83. The van der Waals surface area contributed by atoms with Crippen LogP contribution in [0.25, 0.3) is 10.9 Å². The standard InChI is InChI=1S/C17H27N4O.CH4/c1-21(11-13-22-14-12-21)10-7-19-6-9-20-8-5-15-16(18)3-2-4-17(15)20;/h2-5,8,19H,6-7,9-14,18H2,1H3;1H4/q+1;. The van der Waals surface area contributed by atoms with Gasteiger partial charge in [-0.15, -0.1) is 0 Å². The van der Waals surface area contributed by atoms with E-state index in [9.17, 15) is 0 Å². The Morgan fingerprint density at radius 1 is 1.22 bits per heavy atom. The van der Waals surface area contributed by atoms with Gasteiger partial charge < -0.3 is 24.8 Å². The normalized spacial score (nSPS) is 17.1. The molecule has 0 radical (unpaired) electrons. The molecule has 1 aromatic heterocycles. The summed E-state index contributed by atoms with van der Waals surface area (Å²) in [6.07, 6.45) is 2.12. The molecule has 1 aliphatic rings. The van der Waals surface area contributed by atoms with Crippen molar-refractivity contribution in [1.82, 2.24) is 9.88 Å². The van der Waals surface area contributed by atoms with E-state index < -0.39 is 0 Å². The van der Waals surface area contributed by atoms with Crippen LogP contribution in [0.2, 0.25) is 0 Å². The van der Waals surface area contributed by atoms with E-state index in [2.05, 4.69) is 35.3 Å². The van der Waals surface area contributed by atoms with Gasteiger partial charge in [-0.1, -0.05) is 13.5 Å². The minimum absolute atomic E-state index is 0. The number of morpholine rings is 1. The molecule has 0 unspecified atom stereocenters. The molecule has 23 heavy (non-hydrogen) atoms. The predicted octanol–water partition coefficient (Wildman–Crippen LogP) is 1.93. The summed E-state index contributed by atoms with van der Waals surface area (Å²) in [5.41, 5.74) is 8.07. The van der Waals surface area contributed by atoms with E-state index in [4.69, 9.17) is 10.5 Å². The highest BCUT2D eigenvalue weighted by molar-refractivity contribution is 5.91. The SMILES string of the molecule is C.C[N+]1(CCNCCn2ccc3c(N)cccc32)CCOCC1. The molecule has 0 bridgehead atoms. The van der Waals surface area contributed by atoms with Gasteiger partial charge in [0, 0.05) is 36.9 Å². The third-order valence-electron chi connectivity index (χ3n) is 4.76. The molecule has 0 saturated carbocycles. The quantitative estimate of drug-likeness (QED) is 0.486. The highest BCUT2D eigenvalue weighted by Crippen LogP contribution is 2.21. The molecule has 0 spiro atoms. The smallest absolute Gasteiger partial charge is 0.102 e. The maximum absolute atomic E-state index is 6.00. The highest BCUT2D eigenvalue weighted by atomic mass is 16.5. The van der Waals surface area contributed by atoms with Gasteiger partial charge in [-0.05, 0) is 18.2 Å². The molecule has 5 heteroatoms. The number of likely N-dealkylation sites (N-methyl/N-ethyl adjacent to an activating group) is 1. The second-order valence-electron chi connectivity index (χ2n) is 6.44. The molecule has 3 N–H and O–H groups in total. The summed E-state index contributed by atoms with van der Waals surface area (Å²) in [4.78, 5) is 0. The second kappa shape index (κ2) is 7.81. The van der Waals surface area contributed by atoms with Crippen LogP contribution < -0.4 is 11.1 Å². The number of aromatic nitrogens is 1.